The lowest BCUT2D eigenvalue weighted by Crippen LogP contribution is -2.33. The molecular formula is C15H22N2O2. The molecule has 19 heavy (non-hydrogen) atoms. The topological polar surface area (TPSA) is 75.3 Å². The van der Waals surface area contributed by atoms with Gasteiger partial charge in [0.25, 0.3) is 5.91 Å². The molecule has 0 aliphatic heterocycles. The highest BCUT2D eigenvalue weighted by atomic mass is 16.3. The van der Waals surface area contributed by atoms with E-state index in [2.05, 4.69) is 5.32 Å². The zero-order chi connectivity index (χ0) is 13.7. The minimum atomic E-state index is -0.201. The highest BCUT2D eigenvalue weighted by Gasteiger charge is 2.21. The normalized spacial score (nSPS) is 23.0. The van der Waals surface area contributed by atoms with E-state index in [1.165, 1.54) is 18.9 Å². The van der Waals surface area contributed by atoms with Crippen LogP contribution in [-0.2, 0) is 0 Å². The lowest BCUT2D eigenvalue weighted by Gasteiger charge is -2.28. The molecular weight excluding hydrogens is 240 g/mol. The number of rotatable bonds is 4. The summed E-state index contributed by atoms with van der Waals surface area (Å²) in [4.78, 5) is 12.0. The summed E-state index contributed by atoms with van der Waals surface area (Å²) in [5.74, 6) is 0.939. The summed E-state index contributed by atoms with van der Waals surface area (Å²) in [7, 11) is 0. The van der Waals surface area contributed by atoms with Gasteiger partial charge in [0.2, 0.25) is 0 Å². The van der Waals surface area contributed by atoms with Crippen LogP contribution in [0.1, 0.15) is 36.0 Å². The summed E-state index contributed by atoms with van der Waals surface area (Å²) >= 11 is 0. The van der Waals surface area contributed by atoms with Crippen molar-refractivity contribution in [1.29, 1.82) is 0 Å². The molecule has 1 saturated carbocycles. The van der Waals surface area contributed by atoms with E-state index in [-0.39, 0.29) is 11.7 Å². The standard InChI is InChI=1S/C15H22N2O2/c16-9-11-4-3-5-12(8-11)10-17-15(19)13-6-1-2-7-14(13)18/h1-2,6-7,11-12,18H,3-5,8-10,16H2,(H,17,19). The molecule has 1 fully saturated rings. The number of para-hydroxylation sites is 1. The number of carbonyl (C=O) groups excluding carboxylic acids is 1. The highest BCUT2D eigenvalue weighted by molar-refractivity contribution is 5.96. The van der Waals surface area contributed by atoms with E-state index in [4.69, 9.17) is 5.73 Å². The van der Waals surface area contributed by atoms with Crippen LogP contribution in [0.5, 0.6) is 5.75 Å². The molecule has 2 atom stereocenters. The van der Waals surface area contributed by atoms with Gasteiger partial charge in [0, 0.05) is 6.54 Å². The molecule has 0 heterocycles. The SMILES string of the molecule is NCC1CCCC(CNC(=O)c2ccccc2O)C1. The van der Waals surface area contributed by atoms with Gasteiger partial charge in [-0.3, -0.25) is 4.79 Å². The van der Waals surface area contributed by atoms with E-state index in [0.717, 1.165) is 19.4 Å². The van der Waals surface area contributed by atoms with Crippen LogP contribution < -0.4 is 11.1 Å². The van der Waals surface area contributed by atoms with Gasteiger partial charge in [-0.05, 0) is 49.8 Å². The Labute approximate surface area is 114 Å². The zero-order valence-electron chi connectivity index (χ0n) is 11.1. The van der Waals surface area contributed by atoms with Gasteiger partial charge in [-0.15, -0.1) is 0 Å². The van der Waals surface area contributed by atoms with Gasteiger partial charge in [0.1, 0.15) is 5.75 Å². The van der Waals surface area contributed by atoms with Crippen LogP contribution in [-0.4, -0.2) is 24.1 Å². The van der Waals surface area contributed by atoms with Gasteiger partial charge in [0.05, 0.1) is 5.56 Å². The number of benzene rings is 1. The number of hydrogen-bond donors (Lipinski definition) is 3. The quantitative estimate of drug-likeness (QED) is 0.775. The molecule has 0 radical (unpaired) electrons. The molecule has 2 unspecified atom stereocenters. The van der Waals surface area contributed by atoms with Crippen LogP contribution in [0.15, 0.2) is 24.3 Å². The average molecular weight is 262 g/mol. The summed E-state index contributed by atoms with van der Waals surface area (Å²) in [6.45, 7) is 1.41. The molecule has 4 heteroatoms. The molecule has 1 aliphatic carbocycles. The molecule has 0 spiro atoms. The second-order valence-corrected chi connectivity index (χ2v) is 5.36. The molecule has 0 saturated heterocycles. The van der Waals surface area contributed by atoms with E-state index >= 15 is 0 Å². The number of nitrogens with one attached hydrogen (secondary N) is 1. The minimum absolute atomic E-state index is 0.0310. The Morgan fingerprint density at radius 3 is 2.79 bits per heavy atom. The first-order valence-corrected chi connectivity index (χ1v) is 6.97. The van der Waals surface area contributed by atoms with Crippen molar-refractivity contribution in [3.8, 4) is 5.75 Å². The number of phenols is 1. The van der Waals surface area contributed by atoms with Crippen LogP contribution in [0.4, 0.5) is 0 Å². The molecule has 4 N–H and O–H groups in total. The predicted octanol–water partition coefficient (Wildman–Crippen LogP) is 1.89. The van der Waals surface area contributed by atoms with Crippen molar-refractivity contribution < 1.29 is 9.90 Å². The summed E-state index contributed by atoms with van der Waals surface area (Å²) in [6, 6.07) is 6.62. The summed E-state index contributed by atoms with van der Waals surface area (Å²) < 4.78 is 0. The van der Waals surface area contributed by atoms with Crippen molar-refractivity contribution in [2.24, 2.45) is 17.6 Å². The molecule has 0 aromatic heterocycles. The third kappa shape index (κ3) is 3.70. The molecule has 1 aromatic carbocycles. The maximum Gasteiger partial charge on any atom is 0.255 e. The Kier molecular flexibility index (Phi) is 4.80. The predicted molar refractivity (Wildman–Crippen MR) is 74.9 cm³/mol. The first kappa shape index (κ1) is 13.9. The number of hydrogen-bond acceptors (Lipinski definition) is 3. The van der Waals surface area contributed by atoms with Crippen molar-refractivity contribution in [3.63, 3.8) is 0 Å². The molecule has 1 aromatic rings. The molecule has 1 amide bonds. The summed E-state index contributed by atoms with van der Waals surface area (Å²) in [5, 5.41) is 12.5. The fourth-order valence-electron chi connectivity index (χ4n) is 2.80. The van der Waals surface area contributed by atoms with Crippen LogP contribution in [0.3, 0.4) is 0 Å². The fraction of sp³-hybridized carbons (Fsp3) is 0.533. The Morgan fingerprint density at radius 1 is 1.32 bits per heavy atom. The van der Waals surface area contributed by atoms with Crippen molar-refractivity contribution in [3.05, 3.63) is 29.8 Å². The van der Waals surface area contributed by atoms with E-state index in [1.807, 2.05) is 0 Å². The highest BCUT2D eigenvalue weighted by Crippen LogP contribution is 2.28. The van der Waals surface area contributed by atoms with Crippen LogP contribution in [0.25, 0.3) is 0 Å². The number of amides is 1. The number of phenolic OH excluding ortho intramolecular Hbond substituents is 1. The van der Waals surface area contributed by atoms with Gasteiger partial charge in [-0.1, -0.05) is 18.6 Å². The number of nitrogens with two attached hydrogens (primary N) is 1. The van der Waals surface area contributed by atoms with Gasteiger partial charge in [-0.25, -0.2) is 0 Å². The average Bonchev–Trinajstić information content (AvgIpc) is 2.45. The van der Waals surface area contributed by atoms with E-state index in [1.54, 1.807) is 18.2 Å². The van der Waals surface area contributed by atoms with E-state index in [9.17, 15) is 9.90 Å². The molecule has 0 bridgehead atoms. The van der Waals surface area contributed by atoms with Crippen molar-refractivity contribution in [2.45, 2.75) is 25.7 Å². The molecule has 2 rings (SSSR count). The fourth-order valence-corrected chi connectivity index (χ4v) is 2.80. The summed E-state index contributed by atoms with van der Waals surface area (Å²) in [6.07, 6.45) is 4.65. The first-order valence-electron chi connectivity index (χ1n) is 6.97. The molecule has 104 valence electrons. The van der Waals surface area contributed by atoms with Crippen molar-refractivity contribution in [1.82, 2.24) is 5.32 Å². The van der Waals surface area contributed by atoms with Crippen molar-refractivity contribution >= 4 is 5.91 Å². The van der Waals surface area contributed by atoms with Gasteiger partial charge >= 0.3 is 0 Å². The third-order valence-corrected chi connectivity index (χ3v) is 3.92. The Bertz CT molecular complexity index is 434. The lowest BCUT2D eigenvalue weighted by molar-refractivity contribution is 0.0937. The maximum absolute atomic E-state index is 12.0. The summed E-state index contributed by atoms with van der Waals surface area (Å²) in [5.41, 5.74) is 6.05. The van der Waals surface area contributed by atoms with Crippen LogP contribution in [0, 0.1) is 11.8 Å². The van der Waals surface area contributed by atoms with Crippen LogP contribution >= 0.6 is 0 Å². The maximum atomic E-state index is 12.0. The molecule has 4 nitrogen and oxygen atoms in total. The number of aromatic hydroxyl groups is 1. The van der Waals surface area contributed by atoms with E-state index < -0.39 is 0 Å². The Hall–Kier alpha value is -1.55. The third-order valence-electron chi connectivity index (χ3n) is 3.92. The number of carbonyl (C=O) groups is 1. The second-order valence-electron chi connectivity index (χ2n) is 5.36. The van der Waals surface area contributed by atoms with E-state index in [0.29, 0.717) is 23.9 Å². The van der Waals surface area contributed by atoms with Crippen LogP contribution in [0.2, 0.25) is 0 Å². The molecule has 1 aliphatic rings. The Morgan fingerprint density at radius 2 is 2.05 bits per heavy atom. The van der Waals surface area contributed by atoms with Gasteiger partial charge in [0.15, 0.2) is 0 Å². The zero-order valence-corrected chi connectivity index (χ0v) is 11.1. The first-order chi connectivity index (χ1) is 9.20. The van der Waals surface area contributed by atoms with Crippen molar-refractivity contribution in [2.75, 3.05) is 13.1 Å². The van der Waals surface area contributed by atoms with Gasteiger partial charge in [-0.2, -0.15) is 0 Å². The lowest BCUT2D eigenvalue weighted by atomic mass is 9.81. The monoisotopic (exact) mass is 262 g/mol. The second kappa shape index (κ2) is 6.57. The Balaban J connectivity index is 1.85. The van der Waals surface area contributed by atoms with Gasteiger partial charge < -0.3 is 16.2 Å². The smallest absolute Gasteiger partial charge is 0.255 e. The largest absolute Gasteiger partial charge is 0.507 e. The minimum Gasteiger partial charge on any atom is -0.507 e.